The third-order valence-corrected chi connectivity index (χ3v) is 5.71. The van der Waals surface area contributed by atoms with Crippen LogP contribution in [0.4, 0.5) is 11.4 Å². The maximum absolute atomic E-state index is 13.1. The Morgan fingerprint density at radius 1 is 1.16 bits per heavy atom. The van der Waals surface area contributed by atoms with Crippen molar-refractivity contribution in [3.8, 4) is 5.75 Å². The van der Waals surface area contributed by atoms with Gasteiger partial charge in [0.2, 0.25) is 5.91 Å². The molecule has 2 atom stereocenters. The van der Waals surface area contributed by atoms with Gasteiger partial charge >= 0.3 is 0 Å². The molecule has 3 amide bonds. The maximum Gasteiger partial charge on any atom is 0.263 e. The zero-order valence-electron chi connectivity index (χ0n) is 17.8. The Hall–Kier alpha value is -3.46. The number of hydrogen-bond donors (Lipinski definition) is 1. The van der Waals surface area contributed by atoms with Crippen molar-refractivity contribution in [1.82, 2.24) is 5.01 Å². The van der Waals surface area contributed by atoms with E-state index < -0.39 is 23.9 Å². The van der Waals surface area contributed by atoms with Crippen LogP contribution in [0.25, 0.3) is 0 Å². The summed E-state index contributed by atoms with van der Waals surface area (Å²) < 4.78 is 5.11. The maximum atomic E-state index is 13.1. The predicted octanol–water partition coefficient (Wildman–Crippen LogP) is 3.40. The molecular weight excluding hydrogens is 434 g/mol. The lowest BCUT2D eigenvalue weighted by atomic mass is 10.0. The second kappa shape index (κ2) is 8.58. The average molecular weight is 456 g/mol. The molecule has 2 aliphatic heterocycles. The first kappa shape index (κ1) is 21.8. The van der Waals surface area contributed by atoms with Crippen molar-refractivity contribution in [3.63, 3.8) is 0 Å². The first-order valence-electron chi connectivity index (χ1n) is 10.1. The van der Waals surface area contributed by atoms with Gasteiger partial charge in [0, 0.05) is 5.69 Å². The minimum Gasteiger partial charge on any atom is -0.495 e. The van der Waals surface area contributed by atoms with Crippen LogP contribution in [0.1, 0.15) is 25.3 Å². The molecule has 0 radical (unpaired) electrons. The molecule has 0 aromatic heterocycles. The second-order valence-corrected chi connectivity index (χ2v) is 8.25. The SMILES string of the molecule is COc1ccc(N2C(=O)[C@H]3N=NN(CC(=O)Nc4ccc(C(C)C)cc4)[C@H]3C2=O)cc1Cl. The van der Waals surface area contributed by atoms with Gasteiger partial charge in [-0.2, -0.15) is 5.11 Å². The largest absolute Gasteiger partial charge is 0.495 e. The molecule has 0 bridgehead atoms. The molecule has 0 aliphatic carbocycles. The van der Waals surface area contributed by atoms with Crippen LogP contribution >= 0.6 is 11.6 Å². The zero-order valence-corrected chi connectivity index (χ0v) is 18.5. The van der Waals surface area contributed by atoms with Gasteiger partial charge in [-0.25, -0.2) is 4.90 Å². The van der Waals surface area contributed by atoms with E-state index in [4.69, 9.17) is 16.3 Å². The van der Waals surface area contributed by atoms with Crippen molar-refractivity contribution in [3.05, 3.63) is 53.1 Å². The van der Waals surface area contributed by atoms with E-state index in [2.05, 4.69) is 29.5 Å². The molecule has 32 heavy (non-hydrogen) atoms. The number of benzene rings is 2. The van der Waals surface area contributed by atoms with Crippen molar-refractivity contribution >= 4 is 40.7 Å². The van der Waals surface area contributed by atoms with Crippen LogP contribution in [-0.2, 0) is 14.4 Å². The fourth-order valence-electron chi connectivity index (χ4n) is 3.70. The van der Waals surface area contributed by atoms with Crippen molar-refractivity contribution in [2.45, 2.75) is 31.8 Å². The molecule has 2 aromatic rings. The lowest BCUT2D eigenvalue weighted by molar-refractivity contribution is -0.123. The van der Waals surface area contributed by atoms with Gasteiger partial charge in [-0.3, -0.25) is 19.4 Å². The fraction of sp³-hybridized carbons (Fsp3) is 0.318. The average Bonchev–Trinajstić information content (AvgIpc) is 3.27. The number of imide groups is 1. The molecule has 0 spiro atoms. The molecule has 0 saturated carbocycles. The summed E-state index contributed by atoms with van der Waals surface area (Å²) in [6.07, 6.45) is 0. The van der Waals surface area contributed by atoms with Crippen LogP contribution in [0.3, 0.4) is 0 Å². The number of carbonyl (C=O) groups excluding carboxylic acids is 3. The molecule has 166 valence electrons. The summed E-state index contributed by atoms with van der Waals surface area (Å²) in [4.78, 5) is 39.4. The molecular formula is C22H22ClN5O4. The number of halogens is 1. The lowest BCUT2D eigenvalue weighted by Crippen LogP contribution is -2.43. The minimum atomic E-state index is -0.999. The van der Waals surface area contributed by atoms with E-state index in [1.807, 2.05) is 24.3 Å². The van der Waals surface area contributed by atoms with Crippen LogP contribution in [0.15, 0.2) is 52.8 Å². The van der Waals surface area contributed by atoms with Gasteiger partial charge in [-0.15, -0.1) is 0 Å². The summed E-state index contributed by atoms with van der Waals surface area (Å²) in [5, 5.41) is 12.1. The Kier molecular flexibility index (Phi) is 5.84. The number of hydrogen-bond acceptors (Lipinski definition) is 7. The number of nitrogens with one attached hydrogen (secondary N) is 1. The number of nitrogens with zero attached hydrogens (tertiary/aromatic N) is 4. The van der Waals surface area contributed by atoms with Gasteiger partial charge in [0.1, 0.15) is 12.3 Å². The van der Waals surface area contributed by atoms with Crippen molar-refractivity contribution in [1.29, 1.82) is 0 Å². The van der Waals surface area contributed by atoms with E-state index in [1.165, 1.54) is 18.2 Å². The molecule has 2 aliphatic rings. The Balaban J connectivity index is 1.46. The van der Waals surface area contributed by atoms with Gasteiger partial charge in [0.15, 0.2) is 12.1 Å². The molecule has 4 rings (SSSR count). The van der Waals surface area contributed by atoms with Gasteiger partial charge in [-0.1, -0.05) is 42.8 Å². The highest BCUT2D eigenvalue weighted by Crippen LogP contribution is 2.35. The summed E-state index contributed by atoms with van der Waals surface area (Å²) in [7, 11) is 1.47. The lowest BCUT2D eigenvalue weighted by Gasteiger charge is -2.20. The number of methoxy groups -OCH3 is 1. The van der Waals surface area contributed by atoms with E-state index in [9.17, 15) is 14.4 Å². The third kappa shape index (κ3) is 3.91. The number of rotatable bonds is 6. The summed E-state index contributed by atoms with van der Waals surface area (Å²) in [6, 6.07) is 10.2. The minimum absolute atomic E-state index is 0.215. The summed E-state index contributed by atoms with van der Waals surface area (Å²) in [6.45, 7) is 3.96. The molecule has 10 heteroatoms. The number of anilines is 2. The smallest absolute Gasteiger partial charge is 0.263 e. The summed E-state index contributed by atoms with van der Waals surface area (Å²) in [5.74, 6) is -0.587. The molecule has 9 nitrogen and oxygen atoms in total. The Morgan fingerprint density at radius 2 is 1.88 bits per heavy atom. The molecule has 1 fully saturated rings. The van der Waals surface area contributed by atoms with Crippen LogP contribution in [0.5, 0.6) is 5.75 Å². The Labute approximate surface area is 190 Å². The zero-order chi connectivity index (χ0) is 23.0. The second-order valence-electron chi connectivity index (χ2n) is 7.85. The highest BCUT2D eigenvalue weighted by atomic mass is 35.5. The van der Waals surface area contributed by atoms with Crippen LogP contribution in [0.2, 0.25) is 5.02 Å². The number of fused-ring (bicyclic) bond motifs is 1. The monoisotopic (exact) mass is 455 g/mol. The van der Waals surface area contributed by atoms with Crippen molar-refractivity contribution in [2.75, 3.05) is 23.9 Å². The first-order chi connectivity index (χ1) is 15.3. The highest BCUT2D eigenvalue weighted by molar-refractivity contribution is 6.33. The predicted molar refractivity (Wildman–Crippen MR) is 119 cm³/mol. The highest BCUT2D eigenvalue weighted by Gasteiger charge is 2.55. The number of ether oxygens (including phenoxy) is 1. The topological polar surface area (TPSA) is 104 Å². The molecule has 0 unspecified atom stereocenters. The number of carbonyl (C=O) groups is 3. The quantitative estimate of drug-likeness (QED) is 0.672. The first-order valence-corrected chi connectivity index (χ1v) is 10.5. The van der Waals surface area contributed by atoms with Gasteiger partial charge in [-0.05, 0) is 41.8 Å². The summed E-state index contributed by atoms with van der Waals surface area (Å²) >= 11 is 6.15. The van der Waals surface area contributed by atoms with E-state index in [-0.39, 0.29) is 17.5 Å². The van der Waals surface area contributed by atoms with Crippen molar-refractivity contribution in [2.24, 2.45) is 10.3 Å². The van der Waals surface area contributed by atoms with Crippen LogP contribution < -0.4 is 15.0 Å². The number of amides is 3. The van der Waals surface area contributed by atoms with E-state index in [0.717, 1.165) is 10.5 Å². The van der Waals surface area contributed by atoms with E-state index in [0.29, 0.717) is 23.0 Å². The Morgan fingerprint density at radius 3 is 2.50 bits per heavy atom. The molecule has 1 N–H and O–H groups in total. The van der Waals surface area contributed by atoms with Crippen molar-refractivity contribution < 1.29 is 19.1 Å². The normalized spacial score (nSPS) is 19.7. The van der Waals surface area contributed by atoms with E-state index in [1.54, 1.807) is 12.1 Å². The Bertz CT molecular complexity index is 1100. The van der Waals surface area contributed by atoms with Crippen LogP contribution in [0, 0.1) is 0 Å². The standard InChI is InChI=1S/C22H22ClN5O4/c1-12(2)13-4-6-14(7-5-13)24-18(29)11-27-20-19(25-26-27)21(30)28(22(20)31)15-8-9-17(32-3)16(23)10-15/h4-10,12,19-20H,11H2,1-3H3,(H,24,29)/t19-,20+/m0/s1. The van der Waals surface area contributed by atoms with Crippen LogP contribution in [-0.4, -0.2) is 48.5 Å². The fourth-order valence-corrected chi connectivity index (χ4v) is 3.95. The van der Waals surface area contributed by atoms with Gasteiger partial charge < -0.3 is 10.1 Å². The van der Waals surface area contributed by atoms with Gasteiger partial charge in [0.05, 0.1) is 17.8 Å². The molecule has 2 aromatic carbocycles. The molecule has 1 saturated heterocycles. The van der Waals surface area contributed by atoms with E-state index >= 15 is 0 Å². The summed E-state index contributed by atoms with van der Waals surface area (Å²) in [5.41, 5.74) is 2.11. The third-order valence-electron chi connectivity index (χ3n) is 5.42. The van der Waals surface area contributed by atoms with Gasteiger partial charge in [0.25, 0.3) is 11.8 Å². The molecule has 2 heterocycles.